The van der Waals surface area contributed by atoms with Gasteiger partial charge in [0.1, 0.15) is 0 Å². The van der Waals surface area contributed by atoms with Gasteiger partial charge < -0.3 is 10.0 Å². The van der Waals surface area contributed by atoms with Gasteiger partial charge in [-0.05, 0) is 30.4 Å². The molecule has 21 heavy (non-hydrogen) atoms. The summed E-state index contributed by atoms with van der Waals surface area (Å²) >= 11 is 0. The second-order valence-corrected chi connectivity index (χ2v) is 6.31. The third-order valence-electron chi connectivity index (χ3n) is 5.18. The number of piperidine rings is 1. The molecule has 2 atom stereocenters. The van der Waals surface area contributed by atoms with Gasteiger partial charge in [0, 0.05) is 39.1 Å². The highest BCUT2D eigenvalue weighted by Gasteiger charge is 2.37. The summed E-state index contributed by atoms with van der Waals surface area (Å²) in [5, 5.41) is 10.6. The first kappa shape index (κ1) is 14.5. The van der Waals surface area contributed by atoms with Gasteiger partial charge in [0.25, 0.3) is 0 Å². The first-order valence-electron chi connectivity index (χ1n) is 7.81. The molecular formula is C17H24N2O2. The summed E-state index contributed by atoms with van der Waals surface area (Å²) in [6, 6.07) is 8.75. The maximum absolute atomic E-state index is 11.5. The Hall–Kier alpha value is -1.39. The number of fused-ring (bicyclic) bond motifs is 1. The maximum atomic E-state index is 11.5. The van der Waals surface area contributed by atoms with Crippen molar-refractivity contribution in [1.29, 1.82) is 0 Å². The molecule has 1 N–H and O–H groups in total. The molecule has 1 aliphatic heterocycles. The fourth-order valence-corrected chi connectivity index (χ4v) is 3.74. The Kier molecular flexibility index (Phi) is 4.00. The Morgan fingerprint density at radius 2 is 1.95 bits per heavy atom. The zero-order valence-electron chi connectivity index (χ0n) is 12.8. The van der Waals surface area contributed by atoms with Gasteiger partial charge in [-0.3, -0.25) is 9.69 Å². The van der Waals surface area contributed by atoms with Crippen LogP contribution in [0.4, 0.5) is 0 Å². The van der Waals surface area contributed by atoms with Crippen LogP contribution in [-0.2, 0) is 11.2 Å². The molecule has 1 saturated heterocycles. The molecule has 1 aromatic carbocycles. The van der Waals surface area contributed by atoms with Crippen molar-refractivity contribution in [2.45, 2.75) is 44.4 Å². The van der Waals surface area contributed by atoms with Crippen LogP contribution in [-0.4, -0.2) is 53.0 Å². The van der Waals surface area contributed by atoms with Crippen LogP contribution in [0.3, 0.4) is 0 Å². The largest absolute Gasteiger partial charge is 0.387 e. The number of likely N-dealkylation sites (tertiary alicyclic amines) is 1. The van der Waals surface area contributed by atoms with Crippen molar-refractivity contribution in [3.05, 3.63) is 35.4 Å². The highest BCUT2D eigenvalue weighted by molar-refractivity contribution is 5.73. The number of aliphatic hydroxyl groups excluding tert-OH is 1. The molecule has 4 heteroatoms. The lowest BCUT2D eigenvalue weighted by atomic mass is 10.00. The van der Waals surface area contributed by atoms with Crippen LogP contribution >= 0.6 is 0 Å². The van der Waals surface area contributed by atoms with Crippen LogP contribution < -0.4 is 0 Å². The van der Waals surface area contributed by atoms with E-state index in [0.29, 0.717) is 6.04 Å². The van der Waals surface area contributed by atoms with Gasteiger partial charge in [0.05, 0.1) is 6.10 Å². The Morgan fingerprint density at radius 1 is 1.29 bits per heavy atom. The fraction of sp³-hybridized carbons (Fsp3) is 0.588. The molecule has 0 radical (unpaired) electrons. The molecule has 1 fully saturated rings. The highest BCUT2D eigenvalue weighted by atomic mass is 16.3. The summed E-state index contributed by atoms with van der Waals surface area (Å²) in [5.41, 5.74) is 2.36. The quantitative estimate of drug-likeness (QED) is 0.899. The van der Waals surface area contributed by atoms with E-state index in [1.807, 2.05) is 30.1 Å². The number of nitrogens with zero attached hydrogens (tertiary/aromatic N) is 2. The molecule has 0 saturated carbocycles. The van der Waals surface area contributed by atoms with Crippen molar-refractivity contribution in [3.8, 4) is 0 Å². The fourth-order valence-electron chi connectivity index (χ4n) is 3.74. The Labute approximate surface area is 126 Å². The maximum Gasteiger partial charge on any atom is 0.219 e. The van der Waals surface area contributed by atoms with E-state index >= 15 is 0 Å². The molecule has 1 heterocycles. The molecule has 1 aromatic rings. The molecule has 0 aromatic heterocycles. The van der Waals surface area contributed by atoms with E-state index in [0.717, 1.165) is 37.9 Å². The summed E-state index contributed by atoms with van der Waals surface area (Å²) in [5.74, 6) is 0.141. The summed E-state index contributed by atoms with van der Waals surface area (Å²) in [7, 11) is 1.89. The first-order valence-corrected chi connectivity index (χ1v) is 7.81. The number of carbonyl (C=O) groups is 1. The van der Waals surface area contributed by atoms with Crippen LogP contribution in [0.1, 0.15) is 37.0 Å². The Bertz CT molecular complexity index is 523. The van der Waals surface area contributed by atoms with E-state index in [-0.39, 0.29) is 18.1 Å². The van der Waals surface area contributed by atoms with Gasteiger partial charge in [-0.2, -0.15) is 0 Å². The standard InChI is InChI=1S/C17H24N2O2/c1-12(20)18(2)14-7-9-19(10-8-14)16-11-13-5-3-4-6-15(13)17(16)21/h3-6,14,16-17,21H,7-11H2,1-2H3. The second kappa shape index (κ2) is 5.78. The lowest BCUT2D eigenvalue weighted by Gasteiger charge is -2.40. The lowest BCUT2D eigenvalue weighted by Crippen LogP contribution is -2.49. The Balaban J connectivity index is 1.63. The van der Waals surface area contributed by atoms with Crippen LogP contribution in [0.5, 0.6) is 0 Å². The van der Waals surface area contributed by atoms with Crippen LogP contribution in [0.15, 0.2) is 24.3 Å². The molecule has 0 bridgehead atoms. The number of hydrogen-bond donors (Lipinski definition) is 1. The first-order chi connectivity index (χ1) is 10.1. The molecule has 1 amide bonds. The molecule has 0 spiro atoms. The van der Waals surface area contributed by atoms with Gasteiger partial charge in [-0.1, -0.05) is 24.3 Å². The van der Waals surface area contributed by atoms with E-state index in [1.165, 1.54) is 5.56 Å². The van der Waals surface area contributed by atoms with E-state index in [1.54, 1.807) is 6.92 Å². The van der Waals surface area contributed by atoms with Gasteiger partial charge in [-0.15, -0.1) is 0 Å². The van der Waals surface area contributed by atoms with Crippen molar-refractivity contribution in [1.82, 2.24) is 9.80 Å². The number of benzene rings is 1. The highest BCUT2D eigenvalue weighted by Crippen LogP contribution is 2.35. The second-order valence-electron chi connectivity index (χ2n) is 6.31. The average molecular weight is 288 g/mol. The summed E-state index contributed by atoms with van der Waals surface area (Å²) in [6.07, 6.45) is 2.55. The number of rotatable bonds is 2. The summed E-state index contributed by atoms with van der Waals surface area (Å²) in [4.78, 5) is 15.7. The Morgan fingerprint density at radius 3 is 2.57 bits per heavy atom. The number of aliphatic hydroxyl groups is 1. The predicted octanol–water partition coefficient (Wildman–Crippen LogP) is 1.59. The minimum absolute atomic E-state index is 0.141. The predicted molar refractivity (Wildman–Crippen MR) is 81.9 cm³/mol. The molecule has 2 unspecified atom stereocenters. The molecule has 4 nitrogen and oxygen atoms in total. The van der Waals surface area contributed by atoms with Gasteiger partial charge in [-0.25, -0.2) is 0 Å². The third-order valence-corrected chi connectivity index (χ3v) is 5.18. The van der Waals surface area contributed by atoms with Gasteiger partial charge in [0.15, 0.2) is 0 Å². The van der Waals surface area contributed by atoms with Crippen molar-refractivity contribution < 1.29 is 9.90 Å². The average Bonchev–Trinajstić information content (AvgIpc) is 2.84. The molecule has 3 rings (SSSR count). The SMILES string of the molecule is CC(=O)N(C)C1CCN(C2Cc3ccccc3C2O)CC1. The third kappa shape index (κ3) is 2.70. The van der Waals surface area contributed by atoms with Crippen molar-refractivity contribution in [2.75, 3.05) is 20.1 Å². The minimum atomic E-state index is -0.372. The van der Waals surface area contributed by atoms with E-state index in [9.17, 15) is 9.90 Å². The smallest absolute Gasteiger partial charge is 0.219 e. The molecule has 1 aliphatic carbocycles. The minimum Gasteiger partial charge on any atom is -0.387 e. The summed E-state index contributed by atoms with van der Waals surface area (Å²) < 4.78 is 0. The van der Waals surface area contributed by atoms with Gasteiger partial charge >= 0.3 is 0 Å². The summed E-state index contributed by atoms with van der Waals surface area (Å²) in [6.45, 7) is 3.54. The molecular weight excluding hydrogens is 264 g/mol. The topological polar surface area (TPSA) is 43.8 Å². The number of amides is 1. The number of hydrogen-bond acceptors (Lipinski definition) is 3. The zero-order valence-corrected chi connectivity index (χ0v) is 12.8. The van der Waals surface area contributed by atoms with Gasteiger partial charge in [0.2, 0.25) is 5.91 Å². The van der Waals surface area contributed by atoms with Crippen molar-refractivity contribution >= 4 is 5.91 Å². The van der Waals surface area contributed by atoms with Crippen LogP contribution in [0.2, 0.25) is 0 Å². The zero-order chi connectivity index (χ0) is 15.0. The lowest BCUT2D eigenvalue weighted by molar-refractivity contribution is -0.130. The van der Waals surface area contributed by atoms with Crippen LogP contribution in [0, 0.1) is 0 Å². The normalized spacial score (nSPS) is 26.6. The monoisotopic (exact) mass is 288 g/mol. The van der Waals surface area contributed by atoms with Crippen molar-refractivity contribution in [3.63, 3.8) is 0 Å². The van der Waals surface area contributed by atoms with E-state index < -0.39 is 0 Å². The van der Waals surface area contributed by atoms with Crippen molar-refractivity contribution in [2.24, 2.45) is 0 Å². The van der Waals surface area contributed by atoms with E-state index in [4.69, 9.17) is 0 Å². The van der Waals surface area contributed by atoms with Crippen LogP contribution in [0.25, 0.3) is 0 Å². The molecule has 2 aliphatic rings. The molecule has 114 valence electrons. The van der Waals surface area contributed by atoms with E-state index in [2.05, 4.69) is 11.0 Å². The number of carbonyl (C=O) groups excluding carboxylic acids is 1.